The molecule has 8 heteroatoms. The summed E-state index contributed by atoms with van der Waals surface area (Å²) in [5.41, 5.74) is 5.47. The molecule has 1 heterocycles. The number of primary amides is 1. The molecule has 0 aliphatic carbocycles. The minimum Gasteiger partial charge on any atom is -0.357 e. The molecular formula is C16H23F2N5O. The fraction of sp³-hybridized carbons (Fsp3) is 0.500. The number of aliphatic imine (C=N–C) groups is 1. The lowest BCUT2D eigenvalue weighted by Gasteiger charge is -2.32. The van der Waals surface area contributed by atoms with E-state index in [0.717, 1.165) is 31.0 Å². The summed E-state index contributed by atoms with van der Waals surface area (Å²) in [4.78, 5) is 17.0. The second kappa shape index (κ2) is 8.47. The summed E-state index contributed by atoms with van der Waals surface area (Å²) >= 11 is 0. The highest BCUT2D eigenvalue weighted by Gasteiger charge is 2.21. The number of nitrogens with one attached hydrogen (secondary N) is 2. The fourth-order valence-corrected chi connectivity index (χ4v) is 2.59. The van der Waals surface area contributed by atoms with Gasteiger partial charge in [-0.05, 0) is 38.0 Å². The molecule has 1 aliphatic heterocycles. The zero-order valence-corrected chi connectivity index (χ0v) is 13.7. The van der Waals surface area contributed by atoms with Crippen LogP contribution in [0.4, 0.5) is 13.6 Å². The number of hydrogen-bond donors (Lipinski definition) is 3. The van der Waals surface area contributed by atoms with Gasteiger partial charge in [0.15, 0.2) is 5.96 Å². The number of likely N-dealkylation sites (tertiary alicyclic amines) is 1. The number of rotatable bonds is 4. The molecule has 0 radical (unpaired) electrons. The first-order chi connectivity index (χ1) is 11.5. The highest BCUT2D eigenvalue weighted by Crippen LogP contribution is 2.12. The molecule has 1 aromatic rings. The van der Waals surface area contributed by atoms with Gasteiger partial charge in [-0.25, -0.2) is 18.6 Å². The molecule has 0 spiro atoms. The highest BCUT2D eigenvalue weighted by atomic mass is 19.1. The van der Waals surface area contributed by atoms with E-state index < -0.39 is 17.7 Å². The van der Waals surface area contributed by atoms with E-state index in [4.69, 9.17) is 5.73 Å². The van der Waals surface area contributed by atoms with Crippen molar-refractivity contribution in [2.24, 2.45) is 10.7 Å². The van der Waals surface area contributed by atoms with Crippen molar-refractivity contribution in [3.63, 3.8) is 0 Å². The summed E-state index contributed by atoms with van der Waals surface area (Å²) in [5.74, 6) is -0.428. The zero-order valence-electron chi connectivity index (χ0n) is 13.7. The van der Waals surface area contributed by atoms with E-state index in [2.05, 4.69) is 15.6 Å². The molecule has 1 saturated heterocycles. The maximum atomic E-state index is 13.7. The smallest absolute Gasteiger partial charge is 0.314 e. The van der Waals surface area contributed by atoms with Gasteiger partial charge in [0.25, 0.3) is 0 Å². The number of guanidine groups is 1. The van der Waals surface area contributed by atoms with Crippen molar-refractivity contribution in [3.8, 4) is 0 Å². The Balaban J connectivity index is 1.96. The minimum atomic E-state index is -0.488. The zero-order chi connectivity index (χ0) is 17.5. The van der Waals surface area contributed by atoms with E-state index in [1.54, 1.807) is 4.90 Å². The van der Waals surface area contributed by atoms with Crippen LogP contribution in [0, 0.1) is 11.6 Å². The van der Waals surface area contributed by atoms with Crippen molar-refractivity contribution < 1.29 is 13.6 Å². The Morgan fingerprint density at radius 3 is 2.71 bits per heavy atom. The van der Waals surface area contributed by atoms with Crippen molar-refractivity contribution in [2.75, 3.05) is 19.6 Å². The van der Waals surface area contributed by atoms with E-state index in [9.17, 15) is 13.6 Å². The summed E-state index contributed by atoms with van der Waals surface area (Å²) < 4.78 is 26.9. The van der Waals surface area contributed by atoms with Crippen LogP contribution in [-0.4, -0.2) is 42.6 Å². The number of carbonyl (C=O) groups excluding carboxylic acids is 1. The Bertz CT molecular complexity index is 600. The predicted octanol–water partition coefficient (Wildman–Crippen LogP) is 1.56. The number of nitrogens with two attached hydrogens (primary N) is 1. The second-order valence-corrected chi connectivity index (χ2v) is 5.67. The van der Waals surface area contributed by atoms with Crippen LogP contribution < -0.4 is 16.4 Å². The van der Waals surface area contributed by atoms with E-state index >= 15 is 0 Å². The summed E-state index contributed by atoms with van der Waals surface area (Å²) in [7, 11) is 0. The van der Waals surface area contributed by atoms with Gasteiger partial charge < -0.3 is 21.3 Å². The van der Waals surface area contributed by atoms with Crippen molar-refractivity contribution in [2.45, 2.75) is 32.4 Å². The van der Waals surface area contributed by atoms with Crippen molar-refractivity contribution >= 4 is 12.0 Å². The summed E-state index contributed by atoms with van der Waals surface area (Å²) in [5, 5.41) is 6.35. The van der Waals surface area contributed by atoms with Crippen molar-refractivity contribution in [1.29, 1.82) is 0 Å². The molecule has 1 aromatic carbocycles. The Morgan fingerprint density at radius 1 is 1.38 bits per heavy atom. The van der Waals surface area contributed by atoms with E-state index in [1.807, 2.05) is 6.92 Å². The summed E-state index contributed by atoms with van der Waals surface area (Å²) in [6.45, 7) is 3.79. The van der Waals surface area contributed by atoms with Gasteiger partial charge in [-0.15, -0.1) is 0 Å². The lowest BCUT2D eigenvalue weighted by atomic mass is 10.1. The van der Waals surface area contributed by atoms with Crippen LogP contribution in [0.5, 0.6) is 0 Å². The maximum Gasteiger partial charge on any atom is 0.314 e. The van der Waals surface area contributed by atoms with Crippen LogP contribution in [0.25, 0.3) is 0 Å². The lowest BCUT2D eigenvalue weighted by molar-refractivity contribution is 0.188. The first-order valence-electron chi connectivity index (χ1n) is 8.02. The van der Waals surface area contributed by atoms with Crippen LogP contribution in [-0.2, 0) is 6.54 Å². The van der Waals surface area contributed by atoms with Gasteiger partial charge in [-0.2, -0.15) is 0 Å². The van der Waals surface area contributed by atoms with Crippen LogP contribution in [0.15, 0.2) is 23.2 Å². The molecule has 1 fully saturated rings. The molecule has 4 N–H and O–H groups in total. The molecule has 0 aromatic heterocycles. The molecule has 0 bridgehead atoms. The second-order valence-electron chi connectivity index (χ2n) is 5.67. The number of halogens is 2. The Labute approximate surface area is 140 Å². The Hall–Kier alpha value is -2.38. The average Bonchev–Trinajstić information content (AvgIpc) is 2.56. The number of hydrogen-bond acceptors (Lipinski definition) is 2. The first kappa shape index (κ1) is 18.0. The Morgan fingerprint density at radius 2 is 2.08 bits per heavy atom. The molecule has 0 atom stereocenters. The average molecular weight is 339 g/mol. The quantitative estimate of drug-likeness (QED) is 0.575. The van der Waals surface area contributed by atoms with Gasteiger partial charge in [-0.1, -0.05) is 0 Å². The maximum absolute atomic E-state index is 13.7. The highest BCUT2D eigenvalue weighted by molar-refractivity contribution is 5.80. The number of carbonyl (C=O) groups is 1. The van der Waals surface area contributed by atoms with Gasteiger partial charge in [0.05, 0.1) is 6.54 Å². The van der Waals surface area contributed by atoms with E-state index in [1.165, 1.54) is 0 Å². The molecule has 132 valence electrons. The molecule has 0 saturated carbocycles. The molecule has 2 amide bonds. The largest absolute Gasteiger partial charge is 0.357 e. The standard InChI is InChI=1S/C16H23F2N5O/c1-2-20-16(21-10-11-9-12(17)3-4-14(11)18)22-13-5-7-23(8-6-13)15(19)24/h3-4,9,13H,2,5-8,10H2,1H3,(H2,19,24)(H2,20,21,22). The van der Waals surface area contributed by atoms with Gasteiger partial charge >= 0.3 is 6.03 Å². The first-order valence-corrected chi connectivity index (χ1v) is 8.02. The number of amides is 2. The van der Waals surface area contributed by atoms with Crippen LogP contribution >= 0.6 is 0 Å². The minimum absolute atomic E-state index is 0.0407. The number of benzene rings is 1. The van der Waals surface area contributed by atoms with Crippen LogP contribution in [0.3, 0.4) is 0 Å². The van der Waals surface area contributed by atoms with Gasteiger partial charge in [0, 0.05) is 31.2 Å². The normalized spacial score (nSPS) is 16.1. The summed E-state index contributed by atoms with van der Waals surface area (Å²) in [6.07, 6.45) is 1.50. The van der Waals surface area contributed by atoms with Crippen molar-refractivity contribution in [1.82, 2.24) is 15.5 Å². The van der Waals surface area contributed by atoms with Gasteiger partial charge in [-0.3, -0.25) is 0 Å². The third-order valence-electron chi connectivity index (χ3n) is 3.91. The fourth-order valence-electron chi connectivity index (χ4n) is 2.59. The topological polar surface area (TPSA) is 82.8 Å². The molecule has 0 unspecified atom stereocenters. The Kier molecular flexibility index (Phi) is 6.34. The summed E-state index contributed by atoms with van der Waals surface area (Å²) in [6, 6.07) is 3.07. The predicted molar refractivity (Wildman–Crippen MR) is 88.5 cm³/mol. The number of urea groups is 1. The molecule has 6 nitrogen and oxygen atoms in total. The molecular weight excluding hydrogens is 316 g/mol. The SMILES string of the molecule is CCNC(=NCc1cc(F)ccc1F)NC1CCN(C(N)=O)CC1. The number of piperidine rings is 1. The van der Waals surface area contributed by atoms with Crippen LogP contribution in [0.2, 0.25) is 0 Å². The third kappa shape index (κ3) is 5.07. The monoisotopic (exact) mass is 339 g/mol. The van der Waals surface area contributed by atoms with Gasteiger partial charge in [0.2, 0.25) is 0 Å². The van der Waals surface area contributed by atoms with E-state index in [0.29, 0.717) is 25.6 Å². The molecule has 1 aliphatic rings. The third-order valence-corrected chi connectivity index (χ3v) is 3.91. The van der Waals surface area contributed by atoms with Gasteiger partial charge in [0.1, 0.15) is 11.6 Å². The van der Waals surface area contributed by atoms with Crippen LogP contribution in [0.1, 0.15) is 25.3 Å². The van der Waals surface area contributed by atoms with Crippen molar-refractivity contribution in [3.05, 3.63) is 35.4 Å². The molecule has 2 rings (SSSR count). The van der Waals surface area contributed by atoms with E-state index in [-0.39, 0.29) is 18.2 Å². The lowest BCUT2D eigenvalue weighted by Crippen LogP contribution is -2.50. The number of nitrogens with zero attached hydrogens (tertiary/aromatic N) is 2. The molecule has 24 heavy (non-hydrogen) atoms.